The van der Waals surface area contributed by atoms with E-state index < -0.39 is 18.5 Å². The maximum absolute atomic E-state index is 12.5. The second-order valence-corrected chi connectivity index (χ2v) is 7.64. The van der Waals surface area contributed by atoms with Crippen LogP contribution in [0.25, 0.3) is 17.0 Å². The second-order valence-electron chi connectivity index (χ2n) is 7.64. The van der Waals surface area contributed by atoms with E-state index in [1.807, 2.05) is 36.4 Å². The number of hydrogen-bond donors (Lipinski definition) is 2. The number of para-hydroxylation sites is 3. The molecule has 0 spiro atoms. The number of nitrogens with zero attached hydrogens (tertiary/aromatic N) is 1. The summed E-state index contributed by atoms with van der Waals surface area (Å²) in [6.45, 7) is -0.451. The summed E-state index contributed by atoms with van der Waals surface area (Å²) in [6.07, 6.45) is 4.54. The number of ether oxygens (including phenoxy) is 2. The number of amides is 2. The van der Waals surface area contributed by atoms with Crippen LogP contribution in [-0.2, 0) is 14.3 Å². The van der Waals surface area contributed by atoms with E-state index in [0.29, 0.717) is 22.7 Å². The van der Waals surface area contributed by atoms with E-state index in [1.165, 1.54) is 13.2 Å². The fourth-order valence-corrected chi connectivity index (χ4v) is 3.45. The van der Waals surface area contributed by atoms with E-state index in [2.05, 4.69) is 15.6 Å². The third-order valence-corrected chi connectivity index (χ3v) is 5.19. The van der Waals surface area contributed by atoms with E-state index in [1.54, 1.807) is 54.7 Å². The molecule has 0 fully saturated rings. The SMILES string of the molecule is COc1ccccc1NC(=O)c1ccc(NC(=O)COC(=O)/C=C/c2cccc3cccnc23)cc1. The summed E-state index contributed by atoms with van der Waals surface area (Å²) in [4.78, 5) is 41.1. The lowest BCUT2D eigenvalue weighted by Crippen LogP contribution is -2.20. The van der Waals surface area contributed by atoms with Gasteiger partial charge >= 0.3 is 5.97 Å². The molecule has 0 saturated carbocycles. The zero-order chi connectivity index (χ0) is 25.3. The first-order chi connectivity index (χ1) is 17.5. The molecule has 8 heteroatoms. The van der Waals surface area contributed by atoms with E-state index in [4.69, 9.17) is 9.47 Å². The minimum atomic E-state index is -0.651. The summed E-state index contributed by atoms with van der Waals surface area (Å²) in [5.41, 5.74) is 2.95. The largest absolute Gasteiger partial charge is 0.495 e. The summed E-state index contributed by atoms with van der Waals surface area (Å²) in [6, 6.07) is 22.8. The van der Waals surface area contributed by atoms with Crippen LogP contribution in [0, 0.1) is 0 Å². The van der Waals surface area contributed by atoms with Crippen LogP contribution in [0.1, 0.15) is 15.9 Å². The monoisotopic (exact) mass is 481 g/mol. The molecular formula is C28H23N3O5. The smallest absolute Gasteiger partial charge is 0.331 e. The highest BCUT2D eigenvalue weighted by Crippen LogP contribution is 2.24. The average Bonchev–Trinajstić information content (AvgIpc) is 2.91. The van der Waals surface area contributed by atoms with Gasteiger partial charge in [0.1, 0.15) is 5.75 Å². The molecule has 0 aliphatic heterocycles. The van der Waals surface area contributed by atoms with Crippen molar-refractivity contribution in [3.8, 4) is 5.75 Å². The van der Waals surface area contributed by atoms with Crippen molar-refractivity contribution < 1.29 is 23.9 Å². The number of carbonyl (C=O) groups is 3. The lowest BCUT2D eigenvalue weighted by molar-refractivity contribution is -0.142. The van der Waals surface area contributed by atoms with Crippen molar-refractivity contribution in [2.75, 3.05) is 24.4 Å². The highest BCUT2D eigenvalue weighted by molar-refractivity contribution is 6.05. The van der Waals surface area contributed by atoms with E-state index in [0.717, 1.165) is 16.5 Å². The van der Waals surface area contributed by atoms with Gasteiger partial charge in [-0.15, -0.1) is 0 Å². The van der Waals surface area contributed by atoms with Crippen molar-refractivity contribution >= 4 is 46.1 Å². The predicted molar refractivity (Wildman–Crippen MR) is 138 cm³/mol. The molecular weight excluding hydrogens is 458 g/mol. The highest BCUT2D eigenvalue weighted by Gasteiger charge is 2.11. The number of fused-ring (bicyclic) bond motifs is 1. The summed E-state index contributed by atoms with van der Waals surface area (Å²) in [5, 5.41) is 6.37. The van der Waals surface area contributed by atoms with Crippen molar-refractivity contribution in [2.45, 2.75) is 0 Å². The van der Waals surface area contributed by atoms with Gasteiger partial charge in [-0.1, -0.05) is 36.4 Å². The molecule has 1 heterocycles. The van der Waals surface area contributed by atoms with Gasteiger partial charge in [0.25, 0.3) is 11.8 Å². The summed E-state index contributed by atoms with van der Waals surface area (Å²) >= 11 is 0. The van der Waals surface area contributed by atoms with Crippen molar-refractivity contribution in [1.29, 1.82) is 0 Å². The molecule has 4 rings (SSSR count). The van der Waals surface area contributed by atoms with Gasteiger partial charge in [-0.05, 0) is 48.5 Å². The fourth-order valence-electron chi connectivity index (χ4n) is 3.45. The number of carbonyl (C=O) groups excluding carboxylic acids is 3. The van der Waals surface area contributed by atoms with Gasteiger partial charge in [0.2, 0.25) is 0 Å². The molecule has 36 heavy (non-hydrogen) atoms. The van der Waals surface area contributed by atoms with Crippen molar-refractivity contribution in [2.24, 2.45) is 0 Å². The number of hydrogen-bond acceptors (Lipinski definition) is 6. The average molecular weight is 482 g/mol. The first-order valence-electron chi connectivity index (χ1n) is 11.1. The Labute approximate surface area is 207 Å². The molecule has 2 N–H and O–H groups in total. The Morgan fingerprint density at radius 3 is 2.47 bits per heavy atom. The minimum Gasteiger partial charge on any atom is -0.495 e. The second kappa shape index (κ2) is 11.4. The van der Waals surface area contributed by atoms with Crippen molar-refractivity contribution in [1.82, 2.24) is 4.98 Å². The lowest BCUT2D eigenvalue weighted by Gasteiger charge is -2.10. The quantitative estimate of drug-likeness (QED) is 0.279. The molecule has 0 radical (unpaired) electrons. The molecule has 0 aliphatic carbocycles. The Kier molecular flexibility index (Phi) is 7.67. The van der Waals surface area contributed by atoms with E-state index >= 15 is 0 Å². The van der Waals surface area contributed by atoms with Crippen molar-refractivity contribution in [3.05, 3.63) is 102 Å². The third kappa shape index (κ3) is 6.12. The first-order valence-corrected chi connectivity index (χ1v) is 11.1. The van der Waals surface area contributed by atoms with Crippen LogP contribution in [0.3, 0.4) is 0 Å². The summed E-state index contributed by atoms with van der Waals surface area (Å²) in [7, 11) is 1.53. The number of benzene rings is 3. The molecule has 0 unspecified atom stereocenters. The first kappa shape index (κ1) is 24.2. The number of methoxy groups -OCH3 is 1. The number of anilines is 2. The minimum absolute atomic E-state index is 0.320. The van der Waals surface area contributed by atoms with Gasteiger partial charge < -0.3 is 20.1 Å². The number of aromatic nitrogens is 1. The Hall–Kier alpha value is -4.98. The molecule has 0 bridgehead atoms. The number of rotatable bonds is 8. The molecule has 0 saturated heterocycles. The van der Waals surface area contributed by atoms with Crippen LogP contribution in [0.15, 0.2) is 91.1 Å². The Morgan fingerprint density at radius 1 is 0.889 bits per heavy atom. The molecule has 180 valence electrons. The Balaban J connectivity index is 1.28. The summed E-state index contributed by atoms with van der Waals surface area (Å²) < 4.78 is 10.3. The Morgan fingerprint density at radius 2 is 1.67 bits per heavy atom. The Bertz CT molecular complexity index is 1430. The van der Waals surface area contributed by atoms with Gasteiger partial charge in [0.05, 0.1) is 18.3 Å². The molecule has 4 aromatic rings. The van der Waals surface area contributed by atoms with Gasteiger partial charge in [-0.25, -0.2) is 4.79 Å². The maximum atomic E-state index is 12.5. The fraction of sp³-hybridized carbons (Fsp3) is 0.0714. The van der Waals surface area contributed by atoms with E-state index in [9.17, 15) is 14.4 Å². The van der Waals surface area contributed by atoms with Crippen LogP contribution in [-0.4, -0.2) is 36.5 Å². The van der Waals surface area contributed by atoms with Crippen LogP contribution in [0.4, 0.5) is 11.4 Å². The van der Waals surface area contributed by atoms with E-state index in [-0.39, 0.29) is 5.91 Å². The molecule has 8 nitrogen and oxygen atoms in total. The number of pyridine rings is 1. The van der Waals surface area contributed by atoms with Gasteiger partial charge in [-0.2, -0.15) is 0 Å². The highest BCUT2D eigenvalue weighted by atomic mass is 16.5. The van der Waals surface area contributed by atoms with Crippen molar-refractivity contribution in [3.63, 3.8) is 0 Å². The van der Waals surface area contributed by atoms with Crippen LogP contribution >= 0.6 is 0 Å². The number of nitrogens with one attached hydrogen (secondary N) is 2. The van der Waals surface area contributed by atoms with Crippen LogP contribution in [0.5, 0.6) is 5.75 Å². The molecule has 3 aromatic carbocycles. The third-order valence-electron chi connectivity index (χ3n) is 5.19. The molecule has 0 atom stereocenters. The van der Waals surface area contributed by atoms with Crippen LogP contribution in [0.2, 0.25) is 0 Å². The zero-order valence-corrected chi connectivity index (χ0v) is 19.4. The topological polar surface area (TPSA) is 107 Å². The van der Waals surface area contributed by atoms with Crippen LogP contribution < -0.4 is 15.4 Å². The van der Waals surface area contributed by atoms with Gasteiger partial charge in [-0.3, -0.25) is 14.6 Å². The van der Waals surface area contributed by atoms with Gasteiger partial charge in [0, 0.05) is 34.5 Å². The maximum Gasteiger partial charge on any atom is 0.331 e. The predicted octanol–water partition coefficient (Wildman–Crippen LogP) is 4.69. The normalized spacial score (nSPS) is 10.7. The van der Waals surface area contributed by atoms with Gasteiger partial charge in [0.15, 0.2) is 6.61 Å². The number of esters is 1. The lowest BCUT2D eigenvalue weighted by atomic mass is 10.1. The molecule has 0 aliphatic rings. The molecule has 2 amide bonds. The molecule has 1 aromatic heterocycles. The standard InChI is InChI=1S/C28H23N3O5/c1-35-24-10-3-2-9-23(24)31-28(34)21-11-14-22(15-12-21)30-25(32)18-36-26(33)16-13-20-7-4-6-19-8-5-17-29-27(19)20/h2-17H,18H2,1H3,(H,30,32)(H,31,34)/b16-13+. The zero-order valence-electron chi connectivity index (χ0n) is 19.4. The summed E-state index contributed by atoms with van der Waals surface area (Å²) in [5.74, 6) is -0.927.